The van der Waals surface area contributed by atoms with E-state index in [1.54, 1.807) is 0 Å². The number of nitrogens with two attached hydrogens (primary N) is 1. The second-order valence-electron chi connectivity index (χ2n) is 3.90. The average molecular weight is 256 g/mol. The molecule has 0 aromatic heterocycles. The number of rotatable bonds is 3. The van der Waals surface area contributed by atoms with E-state index in [1.165, 1.54) is 0 Å². The predicted molar refractivity (Wildman–Crippen MR) is 61.3 cm³/mol. The molecule has 2 nitrogen and oxygen atoms in total. The van der Waals surface area contributed by atoms with Crippen LogP contribution in [0, 0.1) is 5.41 Å². The SMILES string of the molecule is CC(C)(CN)C(=O)c1ccccc1Br. The Morgan fingerprint density at radius 2 is 2.00 bits per heavy atom. The van der Waals surface area contributed by atoms with Crippen LogP contribution in [-0.2, 0) is 0 Å². The van der Waals surface area contributed by atoms with Crippen molar-refractivity contribution in [3.8, 4) is 0 Å². The number of halogens is 1. The highest BCUT2D eigenvalue weighted by Crippen LogP contribution is 2.25. The molecule has 0 unspecified atom stereocenters. The summed E-state index contributed by atoms with van der Waals surface area (Å²) in [5.41, 5.74) is 5.76. The molecule has 14 heavy (non-hydrogen) atoms. The van der Waals surface area contributed by atoms with Crippen molar-refractivity contribution in [1.29, 1.82) is 0 Å². The van der Waals surface area contributed by atoms with Crippen LogP contribution in [0.5, 0.6) is 0 Å². The quantitative estimate of drug-likeness (QED) is 0.845. The van der Waals surface area contributed by atoms with Gasteiger partial charge in [0.2, 0.25) is 0 Å². The molecule has 0 radical (unpaired) electrons. The zero-order valence-corrected chi connectivity index (χ0v) is 9.97. The first kappa shape index (κ1) is 11.4. The molecule has 0 atom stereocenters. The van der Waals surface area contributed by atoms with E-state index in [0.717, 1.165) is 4.47 Å². The first-order valence-corrected chi connectivity index (χ1v) is 5.28. The highest BCUT2D eigenvalue weighted by atomic mass is 79.9. The first-order valence-electron chi connectivity index (χ1n) is 4.48. The molecule has 3 heteroatoms. The van der Waals surface area contributed by atoms with Crippen molar-refractivity contribution < 1.29 is 4.79 Å². The third kappa shape index (κ3) is 2.22. The van der Waals surface area contributed by atoms with Crippen LogP contribution in [0.1, 0.15) is 24.2 Å². The van der Waals surface area contributed by atoms with E-state index in [-0.39, 0.29) is 5.78 Å². The molecule has 0 amide bonds. The summed E-state index contributed by atoms with van der Waals surface area (Å²) in [5, 5.41) is 0. The molecule has 76 valence electrons. The molecule has 0 spiro atoms. The van der Waals surface area contributed by atoms with Crippen molar-refractivity contribution in [1.82, 2.24) is 0 Å². The Morgan fingerprint density at radius 3 is 2.50 bits per heavy atom. The molecule has 0 heterocycles. The molecule has 0 fully saturated rings. The van der Waals surface area contributed by atoms with Crippen molar-refractivity contribution in [2.24, 2.45) is 11.1 Å². The predicted octanol–water partition coefficient (Wildman–Crippen LogP) is 2.62. The van der Waals surface area contributed by atoms with Gasteiger partial charge in [-0.05, 0) is 6.07 Å². The van der Waals surface area contributed by atoms with E-state index in [9.17, 15) is 4.79 Å². The van der Waals surface area contributed by atoms with Gasteiger partial charge >= 0.3 is 0 Å². The number of ketones is 1. The van der Waals surface area contributed by atoms with E-state index in [1.807, 2.05) is 38.1 Å². The molecule has 1 rings (SSSR count). The van der Waals surface area contributed by atoms with Gasteiger partial charge in [-0.25, -0.2) is 0 Å². The van der Waals surface area contributed by atoms with E-state index < -0.39 is 5.41 Å². The third-order valence-electron chi connectivity index (χ3n) is 2.24. The minimum atomic E-state index is -0.496. The van der Waals surface area contributed by atoms with Crippen LogP contribution in [-0.4, -0.2) is 12.3 Å². The smallest absolute Gasteiger partial charge is 0.170 e. The molecule has 0 saturated carbocycles. The summed E-state index contributed by atoms with van der Waals surface area (Å²) in [5.74, 6) is 0.0764. The van der Waals surface area contributed by atoms with Gasteiger partial charge in [-0.3, -0.25) is 4.79 Å². The van der Waals surface area contributed by atoms with Crippen molar-refractivity contribution in [3.63, 3.8) is 0 Å². The summed E-state index contributed by atoms with van der Waals surface area (Å²) in [7, 11) is 0. The number of carbonyl (C=O) groups excluding carboxylic acids is 1. The Bertz CT molecular complexity index is 347. The molecular weight excluding hydrogens is 242 g/mol. The zero-order chi connectivity index (χ0) is 10.8. The fourth-order valence-electron chi connectivity index (χ4n) is 1.10. The topological polar surface area (TPSA) is 43.1 Å². The molecular formula is C11H14BrNO. The second-order valence-corrected chi connectivity index (χ2v) is 4.75. The van der Waals surface area contributed by atoms with E-state index in [2.05, 4.69) is 15.9 Å². The summed E-state index contributed by atoms with van der Waals surface area (Å²) in [6.07, 6.45) is 0. The summed E-state index contributed by atoms with van der Waals surface area (Å²) >= 11 is 3.36. The van der Waals surface area contributed by atoms with Crippen LogP contribution in [0.4, 0.5) is 0 Å². The van der Waals surface area contributed by atoms with Crippen molar-refractivity contribution in [2.45, 2.75) is 13.8 Å². The number of Topliss-reactive ketones (excluding diaryl/α,β-unsaturated/α-hetero) is 1. The van der Waals surface area contributed by atoms with Crippen LogP contribution in [0.15, 0.2) is 28.7 Å². The lowest BCUT2D eigenvalue weighted by Crippen LogP contribution is -2.32. The number of hydrogen-bond acceptors (Lipinski definition) is 2. The van der Waals surface area contributed by atoms with Gasteiger partial charge in [0.1, 0.15) is 0 Å². The van der Waals surface area contributed by atoms with Gasteiger partial charge in [-0.15, -0.1) is 0 Å². The van der Waals surface area contributed by atoms with Gasteiger partial charge in [0, 0.05) is 22.0 Å². The molecule has 0 aliphatic heterocycles. The van der Waals surface area contributed by atoms with Gasteiger partial charge in [0.25, 0.3) is 0 Å². The second kappa shape index (κ2) is 4.24. The summed E-state index contributed by atoms with van der Waals surface area (Å²) in [4.78, 5) is 12.0. The van der Waals surface area contributed by atoms with Gasteiger partial charge < -0.3 is 5.73 Å². The zero-order valence-electron chi connectivity index (χ0n) is 8.38. The fourth-order valence-corrected chi connectivity index (χ4v) is 1.57. The number of hydrogen-bond donors (Lipinski definition) is 1. The van der Waals surface area contributed by atoms with Gasteiger partial charge in [-0.1, -0.05) is 48.0 Å². The maximum Gasteiger partial charge on any atom is 0.170 e. The molecule has 1 aromatic carbocycles. The molecule has 0 bridgehead atoms. The van der Waals surface area contributed by atoms with Gasteiger partial charge in [0.15, 0.2) is 5.78 Å². The maximum absolute atomic E-state index is 12.0. The lowest BCUT2D eigenvalue weighted by molar-refractivity contribution is 0.0846. The molecule has 0 aliphatic carbocycles. The highest BCUT2D eigenvalue weighted by molar-refractivity contribution is 9.10. The first-order chi connectivity index (χ1) is 6.49. The van der Waals surface area contributed by atoms with Crippen LogP contribution >= 0.6 is 15.9 Å². The molecule has 0 aliphatic rings. The minimum absolute atomic E-state index is 0.0764. The Kier molecular flexibility index (Phi) is 3.45. The normalized spacial score (nSPS) is 11.4. The Labute approximate surface area is 92.6 Å². The van der Waals surface area contributed by atoms with Crippen LogP contribution < -0.4 is 5.73 Å². The van der Waals surface area contributed by atoms with Crippen LogP contribution in [0.25, 0.3) is 0 Å². The Hall–Kier alpha value is -0.670. The van der Waals surface area contributed by atoms with Crippen molar-refractivity contribution in [3.05, 3.63) is 34.3 Å². The standard InChI is InChI=1S/C11H14BrNO/c1-11(2,7-13)10(14)8-5-3-4-6-9(8)12/h3-6H,7,13H2,1-2H3. The minimum Gasteiger partial charge on any atom is -0.329 e. The number of carbonyl (C=O) groups is 1. The van der Waals surface area contributed by atoms with E-state index in [4.69, 9.17) is 5.73 Å². The van der Waals surface area contributed by atoms with Crippen molar-refractivity contribution in [2.75, 3.05) is 6.54 Å². The molecule has 2 N–H and O–H groups in total. The summed E-state index contributed by atoms with van der Waals surface area (Å²) in [6, 6.07) is 7.41. The highest BCUT2D eigenvalue weighted by Gasteiger charge is 2.27. The lowest BCUT2D eigenvalue weighted by atomic mass is 9.84. The van der Waals surface area contributed by atoms with Crippen LogP contribution in [0.3, 0.4) is 0 Å². The average Bonchev–Trinajstić information content (AvgIpc) is 2.17. The monoisotopic (exact) mass is 255 g/mol. The maximum atomic E-state index is 12.0. The van der Waals surface area contributed by atoms with E-state index in [0.29, 0.717) is 12.1 Å². The summed E-state index contributed by atoms with van der Waals surface area (Å²) < 4.78 is 0.825. The van der Waals surface area contributed by atoms with Crippen LogP contribution in [0.2, 0.25) is 0 Å². The number of benzene rings is 1. The van der Waals surface area contributed by atoms with Gasteiger partial charge in [0.05, 0.1) is 0 Å². The third-order valence-corrected chi connectivity index (χ3v) is 2.93. The summed E-state index contributed by atoms with van der Waals surface area (Å²) in [6.45, 7) is 4.07. The van der Waals surface area contributed by atoms with E-state index >= 15 is 0 Å². The Balaban J connectivity index is 3.07. The van der Waals surface area contributed by atoms with Crippen molar-refractivity contribution >= 4 is 21.7 Å². The molecule has 0 saturated heterocycles. The van der Waals surface area contributed by atoms with Gasteiger partial charge in [-0.2, -0.15) is 0 Å². The lowest BCUT2D eigenvalue weighted by Gasteiger charge is -2.21. The Morgan fingerprint density at radius 1 is 1.43 bits per heavy atom. The largest absolute Gasteiger partial charge is 0.329 e. The fraction of sp³-hybridized carbons (Fsp3) is 0.364. The molecule has 1 aromatic rings.